The van der Waals surface area contributed by atoms with Gasteiger partial charge in [0.2, 0.25) is 0 Å². The van der Waals surface area contributed by atoms with Crippen LogP contribution in [0.2, 0.25) is 0 Å². The predicted molar refractivity (Wildman–Crippen MR) is 151 cm³/mol. The number of aliphatic hydroxyl groups excluding tert-OH is 1. The van der Waals surface area contributed by atoms with Gasteiger partial charge in [0.05, 0.1) is 17.4 Å². The van der Waals surface area contributed by atoms with Crippen molar-refractivity contribution in [2.24, 2.45) is 0 Å². The fourth-order valence-corrected chi connectivity index (χ4v) is 4.05. The third kappa shape index (κ3) is 7.58. The van der Waals surface area contributed by atoms with E-state index in [0.717, 1.165) is 23.4 Å². The fraction of sp³-hybridized carbons (Fsp3) is 0.286. The molecule has 4 rings (SSSR count). The van der Waals surface area contributed by atoms with Crippen LogP contribution in [-0.2, 0) is 12.7 Å². The van der Waals surface area contributed by atoms with Gasteiger partial charge >= 0.3 is 6.18 Å². The summed E-state index contributed by atoms with van der Waals surface area (Å²) in [6.07, 6.45) is -3.87. The molecule has 0 aliphatic rings. The number of benzene rings is 2. The molecule has 0 aliphatic carbocycles. The number of rotatable bonds is 10. The molecule has 0 saturated carbocycles. The quantitative estimate of drug-likeness (QED) is 0.184. The van der Waals surface area contributed by atoms with Gasteiger partial charge in [0.15, 0.2) is 5.82 Å². The van der Waals surface area contributed by atoms with E-state index in [0.29, 0.717) is 28.8 Å². The minimum absolute atomic E-state index is 0.0585. The summed E-state index contributed by atoms with van der Waals surface area (Å²) in [6.45, 7) is 5.54. The van der Waals surface area contributed by atoms with Gasteiger partial charge in [-0.25, -0.2) is 9.97 Å². The van der Waals surface area contributed by atoms with E-state index < -0.39 is 23.8 Å². The largest absolute Gasteiger partial charge is 0.416 e. The molecule has 1 atom stereocenters. The second-order valence-electron chi connectivity index (χ2n) is 9.60. The fourth-order valence-electron chi connectivity index (χ4n) is 4.05. The lowest BCUT2D eigenvalue weighted by Gasteiger charge is -2.15. The first kappa shape index (κ1) is 29.5. The molecule has 1 amide bonds. The van der Waals surface area contributed by atoms with Crippen molar-refractivity contribution < 1.29 is 23.1 Å². The van der Waals surface area contributed by atoms with Crippen LogP contribution in [0.4, 0.5) is 36.2 Å². The maximum absolute atomic E-state index is 13.6. The van der Waals surface area contributed by atoms with E-state index in [1.807, 2.05) is 19.9 Å². The second-order valence-corrected chi connectivity index (χ2v) is 9.60. The van der Waals surface area contributed by atoms with Gasteiger partial charge in [-0.05, 0) is 62.2 Å². The Morgan fingerprint density at radius 2 is 1.85 bits per heavy atom. The second kappa shape index (κ2) is 12.4. The molecule has 0 unspecified atom stereocenters. The standard InChI is InChI=1S/C28H31F3N8O2/c1-16-5-6-22(11-23(16)37-26-7-17(2)38-39(26)25-12-24(32-4)34-15-35-25)36-27(41)20-8-19(14-33-13-18(3)40)9-21(10-20)28(29,30)31/h5-12,15,18,33,37,40H,13-14H2,1-4H3,(H,36,41)(H,32,34,35)/t18-/m1/s1. The van der Waals surface area contributed by atoms with Crippen molar-refractivity contribution in [1.82, 2.24) is 25.1 Å². The van der Waals surface area contributed by atoms with E-state index in [9.17, 15) is 23.1 Å². The Morgan fingerprint density at radius 1 is 1.07 bits per heavy atom. The average molecular weight is 569 g/mol. The Kier molecular flexibility index (Phi) is 8.89. The highest BCUT2D eigenvalue weighted by Gasteiger charge is 2.31. The number of amides is 1. The maximum atomic E-state index is 13.6. The van der Waals surface area contributed by atoms with E-state index in [-0.39, 0.29) is 24.2 Å². The zero-order valence-electron chi connectivity index (χ0n) is 23.0. The van der Waals surface area contributed by atoms with Crippen LogP contribution < -0.4 is 21.3 Å². The lowest BCUT2D eigenvalue weighted by Crippen LogP contribution is -2.24. The Bertz CT molecular complexity index is 1540. The number of carbonyl (C=O) groups is 1. The summed E-state index contributed by atoms with van der Waals surface area (Å²) in [5.41, 5.74) is 1.84. The first-order valence-electron chi connectivity index (χ1n) is 12.8. The van der Waals surface area contributed by atoms with Crippen LogP contribution in [0, 0.1) is 13.8 Å². The summed E-state index contributed by atoms with van der Waals surface area (Å²) < 4.78 is 42.3. The van der Waals surface area contributed by atoms with Crippen molar-refractivity contribution >= 4 is 28.9 Å². The normalized spacial score (nSPS) is 12.2. The minimum atomic E-state index is -4.63. The molecular formula is C28H31F3N8O2. The molecule has 4 aromatic rings. The number of aromatic nitrogens is 4. The molecule has 2 aromatic carbocycles. The monoisotopic (exact) mass is 568 g/mol. The lowest BCUT2D eigenvalue weighted by atomic mass is 10.0. The molecule has 0 aliphatic heterocycles. The summed E-state index contributed by atoms with van der Waals surface area (Å²) in [5, 5.41) is 25.8. The highest BCUT2D eigenvalue weighted by Crippen LogP contribution is 2.31. The number of hydrogen-bond donors (Lipinski definition) is 5. The molecule has 0 saturated heterocycles. The molecule has 0 bridgehead atoms. The number of halogens is 3. The number of nitrogens with zero attached hydrogens (tertiary/aromatic N) is 4. The Hall–Kier alpha value is -4.49. The van der Waals surface area contributed by atoms with E-state index >= 15 is 0 Å². The van der Waals surface area contributed by atoms with Gasteiger partial charge in [0.1, 0.15) is 18.0 Å². The molecule has 0 radical (unpaired) electrons. The lowest BCUT2D eigenvalue weighted by molar-refractivity contribution is -0.137. The molecule has 0 spiro atoms. The highest BCUT2D eigenvalue weighted by molar-refractivity contribution is 6.04. The van der Waals surface area contributed by atoms with Crippen molar-refractivity contribution in [3.8, 4) is 5.82 Å². The molecule has 216 valence electrons. The van der Waals surface area contributed by atoms with Crippen LogP contribution in [0.25, 0.3) is 5.82 Å². The van der Waals surface area contributed by atoms with Crippen LogP contribution in [0.15, 0.2) is 54.9 Å². The van der Waals surface area contributed by atoms with Crippen molar-refractivity contribution in [1.29, 1.82) is 0 Å². The number of hydrogen-bond acceptors (Lipinski definition) is 8. The SMILES string of the molecule is CNc1cc(-n2nc(C)cc2Nc2cc(NC(=O)c3cc(CNC[C@@H](C)O)cc(C(F)(F)F)c3)ccc2C)ncn1. The van der Waals surface area contributed by atoms with Crippen LogP contribution in [-0.4, -0.2) is 50.5 Å². The average Bonchev–Trinajstić information content (AvgIpc) is 3.29. The van der Waals surface area contributed by atoms with E-state index in [4.69, 9.17) is 0 Å². The molecule has 5 N–H and O–H groups in total. The highest BCUT2D eigenvalue weighted by atomic mass is 19.4. The molecule has 10 nitrogen and oxygen atoms in total. The summed E-state index contributed by atoms with van der Waals surface area (Å²) in [4.78, 5) is 21.5. The number of anilines is 4. The van der Waals surface area contributed by atoms with Crippen LogP contribution in [0.5, 0.6) is 0 Å². The zero-order chi connectivity index (χ0) is 29.7. The zero-order valence-corrected chi connectivity index (χ0v) is 23.0. The topological polar surface area (TPSA) is 129 Å². The molecule has 2 heterocycles. The number of nitrogens with one attached hydrogen (secondary N) is 4. The van der Waals surface area contributed by atoms with Gasteiger partial charge in [-0.15, -0.1) is 0 Å². The van der Waals surface area contributed by atoms with Crippen LogP contribution in [0.3, 0.4) is 0 Å². The van der Waals surface area contributed by atoms with Crippen molar-refractivity contribution in [2.45, 2.75) is 39.6 Å². The molecule has 13 heteroatoms. The third-order valence-electron chi connectivity index (χ3n) is 6.07. The van der Waals surface area contributed by atoms with Gasteiger partial charge in [0.25, 0.3) is 5.91 Å². The van der Waals surface area contributed by atoms with E-state index in [1.54, 1.807) is 42.9 Å². The Labute approximate surface area is 235 Å². The van der Waals surface area contributed by atoms with Crippen LogP contribution >= 0.6 is 0 Å². The van der Waals surface area contributed by atoms with Crippen molar-refractivity contribution in [3.63, 3.8) is 0 Å². The van der Waals surface area contributed by atoms with Gasteiger partial charge < -0.3 is 26.4 Å². The number of aliphatic hydroxyl groups is 1. The molecule has 41 heavy (non-hydrogen) atoms. The van der Waals surface area contributed by atoms with E-state index in [1.165, 1.54) is 12.4 Å². The number of aryl methyl sites for hydroxylation is 2. The summed E-state index contributed by atoms with van der Waals surface area (Å²) in [7, 11) is 1.75. The smallest absolute Gasteiger partial charge is 0.392 e. The summed E-state index contributed by atoms with van der Waals surface area (Å²) >= 11 is 0. The van der Waals surface area contributed by atoms with Crippen molar-refractivity contribution in [2.75, 3.05) is 29.5 Å². The minimum Gasteiger partial charge on any atom is -0.392 e. The number of carbonyl (C=O) groups excluding carboxylic acids is 1. The summed E-state index contributed by atoms with van der Waals surface area (Å²) in [5.74, 6) is 1.07. The van der Waals surface area contributed by atoms with Crippen LogP contribution in [0.1, 0.15) is 39.7 Å². The molecule has 2 aromatic heterocycles. The predicted octanol–water partition coefficient (Wildman–Crippen LogP) is 4.81. The summed E-state index contributed by atoms with van der Waals surface area (Å²) in [6, 6.07) is 11.9. The van der Waals surface area contributed by atoms with Gasteiger partial charge in [-0.1, -0.05) is 6.07 Å². The maximum Gasteiger partial charge on any atom is 0.416 e. The van der Waals surface area contributed by atoms with Gasteiger partial charge in [-0.3, -0.25) is 4.79 Å². The van der Waals surface area contributed by atoms with E-state index in [2.05, 4.69) is 36.3 Å². The van der Waals surface area contributed by atoms with Gasteiger partial charge in [0, 0.05) is 49.2 Å². The first-order chi connectivity index (χ1) is 19.4. The molecule has 0 fully saturated rings. The molecular weight excluding hydrogens is 537 g/mol. The van der Waals surface area contributed by atoms with Crippen molar-refractivity contribution in [3.05, 3.63) is 82.8 Å². The Balaban J connectivity index is 1.58. The van der Waals surface area contributed by atoms with Gasteiger partial charge in [-0.2, -0.15) is 23.0 Å². The third-order valence-corrected chi connectivity index (χ3v) is 6.07. The first-order valence-corrected chi connectivity index (χ1v) is 12.8. The number of alkyl halides is 3. The Morgan fingerprint density at radius 3 is 2.56 bits per heavy atom.